The van der Waals surface area contributed by atoms with Crippen LogP contribution in [0.2, 0.25) is 0 Å². The molecule has 0 aliphatic heterocycles. The number of nitrogens with one attached hydrogen (secondary N) is 2. The van der Waals surface area contributed by atoms with Crippen LogP contribution in [-0.4, -0.2) is 17.6 Å². The van der Waals surface area contributed by atoms with E-state index >= 15 is 0 Å². The highest BCUT2D eigenvalue weighted by molar-refractivity contribution is 7.14. The molecule has 0 fully saturated rings. The molecule has 94 valence electrons. The van der Waals surface area contributed by atoms with Gasteiger partial charge in [-0.2, -0.15) is 0 Å². The number of thiazole rings is 1. The van der Waals surface area contributed by atoms with Gasteiger partial charge in [0.1, 0.15) is 5.82 Å². The van der Waals surface area contributed by atoms with Gasteiger partial charge in [-0.3, -0.25) is 5.32 Å². The van der Waals surface area contributed by atoms with Crippen molar-refractivity contribution in [1.82, 2.24) is 10.3 Å². The third kappa shape index (κ3) is 3.04. The second-order valence-electron chi connectivity index (χ2n) is 3.53. The van der Waals surface area contributed by atoms with Gasteiger partial charge in [-0.05, 0) is 31.2 Å². The quantitative estimate of drug-likeness (QED) is 0.896. The summed E-state index contributed by atoms with van der Waals surface area (Å²) in [6.45, 7) is 2.40. The minimum atomic E-state index is -0.283. The third-order valence-corrected chi connectivity index (χ3v) is 2.96. The predicted octanol–water partition coefficient (Wildman–Crippen LogP) is 3.09. The zero-order valence-corrected chi connectivity index (χ0v) is 10.6. The number of anilines is 1. The Balaban J connectivity index is 2.10. The van der Waals surface area contributed by atoms with E-state index in [2.05, 4.69) is 15.6 Å². The van der Waals surface area contributed by atoms with E-state index in [0.717, 1.165) is 5.56 Å². The van der Waals surface area contributed by atoms with Crippen molar-refractivity contribution >= 4 is 22.5 Å². The normalized spacial score (nSPS) is 10.1. The van der Waals surface area contributed by atoms with Gasteiger partial charge in [0.15, 0.2) is 5.13 Å². The maximum Gasteiger partial charge on any atom is 0.321 e. The largest absolute Gasteiger partial charge is 0.338 e. The highest BCUT2D eigenvalue weighted by atomic mass is 32.1. The van der Waals surface area contributed by atoms with E-state index in [1.54, 1.807) is 12.1 Å². The first-order valence-electron chi connectivity index (χ1n) is 5.45. The number of hydrogen-bond acceptors (Lipinski definition) is 3. The highest BCUT2D eigenvalue weighted by Crippen LogP contribution is 2.24. The Kier molecular flexibility index (Phi) is 3.88. The van der Waals surface area contributed by atoms with Crippen LogP contribution in [0.25, 0.3) is 11.3 Å². The summed E-state index contributed by atoms with van der Waals surface area (Å²) < 4.78 is 12.8. The van der Waals surface area contributed by atoms with Crippen molar-refractivity contribution in [3.05, 3.63) is 35.5 Å². The fourth-order valence-electron chi connectivity index (χ4n) is 1.39. The van der Waals surface area contributed by atoms with Gasteiger partial charge in [0.25, 0.3) is 0 Å². The minimum Gasteiger partial charge on any atom is -0.338 e. The molecule has 2 aromatic rings. The van der Waals surface area contributed by atoms with E-state index in [1.165, 1.54) is 23.5 Å². The number of carbonyl (C=O) groups is 1. The van der Waals surface area contributed by atoms with Crippen molar-refractivity contribution in [1.29, 1.82) is 0 Å². The Labute approximate surface area is 108 Å². The van der Waals surface area contributed by atoms with Gasteiger partial charge in [0, 0.05) is 17.5 Å². The van der Waals surface area contributed by atoms with Crippen molar-refractivity contribution in [3.8, 4) is 11.3 Å². The van der Waals surface area contributed by atoms with Crippen LogP contribution in [0.4, 0.5) is 14.3 Å². The molecule has 1 aromatic heterocycles. The fourth-order valence-corrected chi connectivity index (χ4v) is 2.10. The standard InChI is InChI=1S/C12H12FN3OS/c1-2-14-11(17)16-12-15-10(7-18-12)8-3-5-9(13)6-4-8/h3-7H,2H2,1H3,(H2,14,15,16,17). The first-order valence-corrected chi connectivity index (χ1v) is 6.33. The Hall–Kier alpha value is -1.95. The van der Waals surface area contributed by atoms with Gasteiger partial charge in [-0.1, -0.05) is 0 Å². The fraction of sp³-hybridized carbons (Fsp3) is 0.167. The molecule has 2 N–H and O–H groups in total. The van der Waals surface area contributed by atoms with E-state index in [1.807, 2.05) is 12.3 Å². The molecule has 0 atom stereocenters. The summed E-state index contributed by atoms with van der Waals surface area (Å²) >= 11 is 1.33. The first kappa shape index (κ1) is 12.5. The molecular formula is C12H12FN3OS. The van der Waals surface area contributed by atoms with Crippen molar-refractivity contribution in [2.24, 2.45) is 0 Å². The van der Waals surface area contributed by atoms with Gasteiger partial charge in [0.05, 0.1) is 5.69 Å². The summed E-state index contributed by atoms with van der Waals surface area (Å²) in [6.07, 6.45) is 0. The van der Waals surface area contributed by atoms with Crippen LogP contribution < -0.4 is 10.6 Å². The van der Waals surface area contributed by atoms with Crippen molar-refractivity contribution in [2.45, 2.75) is 6.92 Å². The lowest BCUT2D eigenvalue weighted by atomic mass is 10.2. The number of nitrogens with zero attached hydrogens (tertiary/aromatic N) is 1. The Morgan fingerprint density at radius 2 is 2.11 bits per heavy atom. The monoisotopic (exact) mass is 265 g/mol. The van der Waals surface area contributed by atoms with Crippen LogP contribution in [0.5, 0.6) is 0 Å². The van der Waals surface area contributed by atoms with Crippen molar-refractivity contribution in [2.75, 3.05) is 11.9 Å². The van der Waals surface area contributed by atoms with E-state index in [4.69, 9.17) is 0 Å². The molecule has 0 saturated carbocycles. The SMILES string of the molecule is CCNC(=O)Nc1nc(-c2ccc(F)cc2)cs1. The highest BCUT2D eigenvalue weighted by Gasteiger charge is 2.07. The van der Waals surface area contributed by atoms with Gasteiger partial charge >= 0.3 is 6.03 Å². The maximum absolute atomic E-state index is 12.8. The van der Waals surface area contributed by atoms with Crippen LogP contribution >= 0.6 is 11.3 Å². The Morgan fingerprint density at radius 1 is 1.39 bits per heavy atom. The second-order valence-corrected chi connectivity index (χ2v) is 4.39. The van der Waals surface area contributed by atoms with Crippen LogP contribution in [0.3, 0.4) is 0 Å². The van der Waals surface area contributed by atoms with E-state index in [9.17, 15) is 9.18 Å². The van der Waals surface area contributed by atoms with Crippen molar-refractivity contribution < 1.29 is 9.18 Å². The first-order chi connectivity index (χ1) is 8.69. The van der Waals surface area contributed by atoms with E-state index < -0.39 is 0 Å². The van der Waals surface area contributed by atoms with Crippen LogP contribution in [-0.2, 0) is 0 Å². The molecular weight excluding hydrogens is 253 g/mol. The predicted molar refractivity (Wildman–Crippen MR) is 70.2 cm³/mol. The van der Waals surface area contributed by atoms with Gasteiger partial charge < -0.3 is 5.32 Å². The summed E-state index contributed by atoms with van der Waals surface area (Å²) in [7, 11) is 0. The van der Waals surface area contributed by atoms with Crippen LogP contribution in [0.1, 0.15) is 6.92 Å². The average molecular weight is 265 g/mol. The summed E-state index contributed by atoms with van der Waals surface area (Å²) in [5.41, 5.74) is 1.53. The lowest BCUT2D eigenvalue weighted by Gasteiger charge is -2.01. The summed E-state index contributed by atoms with van der Waals surface area (Å²) in [5.74, 6) is -0.283. The van der Waals surface area contributed by atoms with Crippen molar-refractivity contribution in [3.63, 3.8) is 0 Å². The molecule has 0 spiro atoms. The van der Waals surface area contributed by atoms with Gasteiger partial charge in [-0.25, -0.2) is 14.2 Å². The Morgan fingerprint density at radius 3 is 2.78 bits per heavy atom. The van der Waals surface area contributed by atoms with Crippen LogP contribution in [0, 0.1) is 5.82 Å². The summed E-state index contributed by atoms with van der Waals surface area (Å²) in [5, 5.41) is 7.57. The lowest BCUT2D eigenvalue weighted by Crippen LogP contribution is -2.28. The molecule has 1 aromatic carbocycles. The molecule has 4 nitrogen and oxygen atoms in total. The molecule has 0 saturated heterocycles. The number of amides is 2. The molecule has 0 aliphatic rings. The molecule has 0 aliphatic carbocycles. The molecule has 0 radical (unpaired) electrons. The minimum absolute atomic E-state index is 0.280. The van der Waals surface area contributed by atoms with Gasteiger partial charge in [0.2, 0.25) is 0 Å². The zero-order valence-electron chi connectivity index (χ0n) is 9.74. The molecule has 1 heterocycles. The number of rotatable bonds is 3. The average Bonchev–Trinajstić information content (AvgIpc) is 2.78. The summed E-state index contributed by atoms with van der Waals surface area (Å²) in [6, 6.07) is 5.79. The number of hydrogen-bond donors (Lipinski definition) is 2. The topological polar surface area (TPSA) is 54.0 Å². The summed E-state index contributed by atoms with van der Waals surface area (Å²) in [4.78, 5) is 15.6. The molecule has 0 unspecified atom stereocenters. The number of benzene rings is 1. The number of carbonyl (C=O) groups excluding carboxylic acids is 1. The molecule has 0 bridgehead atoms. The zero-order chi connectivity index (χ0) is 13.0. The van der Waals surface area contributed by atoms with Gasteiger partial charge in [-0.15, -0.1) is 11.3 Å². The number of halogens is 1. The Bertz CT molecular complexity index is 539. The smallest absolute Gasteiger partial charge is 0.321 e. The number of urea groups is 1. The maximum atomic E-state index is 12.8. The van der Waals surface area contributed by atoms with E-state index in [-0.39, 0.29) is 11.8 Å². The molecule has 2 amide bonds. The van der Waals surface area contributed by atoms with Crippen LogP contribution in [0.15, 0.2) is 29.6 Å². The third-order valence-electron chi connectivity index (χ3n) is 2.20. The molecule has 6 heteroatoms. The molecule has 18 heavy (non-hydrogen) atoms. The number of aromatic nitrogens is 1. The van der Waals surface area contributed by atoms with E-state index in [0.29, 0.717) is 17.4 Å². The second kappa shape index (κ2) is 5.59. The molecule has 2 rings (SSSR count). The lowest BCUT2D eigenvalue weighted by molar-refractivity contribution is 0.252.